The molecule has 0 atom stereocenters. The molecule has 1 saturated heterocycles. The molecular weight excluding hydrogens is 294 g/mol. The maximum absolute atomic E-state index is 11.9. The molecule has 0 unspecified atom stereocenters. The summed E-state index contributed by atoms with van der Waals surface area (Å²) in [7, 11) is 0. The van der Waals surface area contributed by atoms with Crippen molar-refractivity contribution in [1.29, 1.82) is 0 Å². The largest absolute Gasteiger partial charge is 0.343 e. The lowest BCUT2D eigenvalue weighted by atomic mass is 10.1. The van der Waals surface area contributed by atoms with Crippen LogP contribution in [-0.2, 0) is 4.79 Å². The molecule has 0 aromatic heterocycles. The molecule has 1 amide bonds. The number of hydrogen-bond acceptors (Lipinski definition) is 1. The van der Waals surface area contributed by atoms with E-state index in [-0.39, 0.29) is 0 Å². The Morgan fingerprint density at radius 3 is 2.04 bits per heavy atom. The highest BCUT2D eigenvalue weighted by atomic mass is 16.2. The maximum atomic E-state index is 11.9. The Morgan fingerprint density at radius 2 is 1.38 bits per heavy atom. The molecule has 1 aliphatic heterocycles. The number of amides is 1. The molecule has 1 aliphatic rings. The number of rotatable bonds is 14. The second kappa shape index (κ2) is 15.5. The highest BCUT2D eigenvalue weighted by Crippen LogP contribution is 2.13. The van der Waals surface area contributed by atoms with Gasteiger partial charge in [0.05, 0.1) is 0 Å². The Labute approximate surface area is 150 Å². The minimum absolute atomic E-state index is 0.390. The van der Waals surface area contributed by atoms with Crippen LogP contribution < -0.4 is 0 Å². The number of carbonyl (C=O) groups is 1. The number of nitrogens with zero attached hydrogens (tertiary/aromatic N) is 1. The van der Waals surface area contributed by atoms with Crippen LogP contribution in [0.2, 0.25) is 0 Å². The Kier molecular flexibility index (Phi) is 13.5. The van der Waals surface area contributed by atoms with Gasteiger partial charge in [-0.2, -0.15) is 0 Å². The molecule has 1 heterocycles. The predicted octanol–water partition coefficient (Wildman–Crippen LogP) is 6.42. The number of unbranched alkanes of at least 4 members (excludes halogenated alkanes) is 8. The zero-order valence-corrected chi connectivity index (χ0v) is 16.0. The number of carbonyl (C=O) groups excluding carboxylic acids is 1. The average Bonchev–Trinajstić information content (AvgIpc) is 3.13. The van der Waals surface area contributed by atoms with E-state index in [0.717, 1.165) is 32.4 Å². The van der Waals surface area contributed by atoms with Crippen LogP contribution in [0.1, 0.15) is 96.8 Å². The summed E-state index contributed by atoms with van der Waals surface area (Å²) in [5.74, 6) is 0.390. The van der Waals surface area contributed by atoms with Crippen molar-refractivity contribution in [2.45, 2.75) is 96.8 Å². The van der Waals surface area contributed by atoms with Gasteiger partial charge in [0.2, 0.25) is 5.91 Å². The van der Waals surface area contributed by atoms with Crippen LogP contribution in [0.15, 0.2) is 24.3 Å². The van der Waals surface area contributed by atoms with Crippen LogP contribution in [0.25, 0.3) is 0 Å². The molecule has 0 radical (unpaired) electrons. The fraction of sp³-hybridized carbons (Fsp3) is 0.773. The number of likely N-dealkylation sites (tertiary alicyclic amines) is 1. The predicted molar refractivity (Wildman–Crippen MR) is 105 cm³/mol. The Balaban J connectivity index is 1.80. The molecule has 2 nitrogen and oxygen atoms in total. The smallest absolute Gasteiger partial charge is 0.222 e. The van der Waals surface area contributed by atoms with Gasteiger partial charge < -0.3 is 4.90 Å². The highest BCUT2D eigenvalue weighted by Gasteiger charge is 2.16. The normalized spacial score (nSPS) is 15.1. The second-order valence-corrected chi connectivity index (χ2v) is 7.07. The molecule has 1 rings (SSSR count). The van der Waals surface area contributed by atoms with Crippen molar-refractivity contribution in [2.75, 3.05) is 13.1 Å². The molecular formula is C22H39NO. The first-order valence-corrected chi connectivity index (χ1v) is 10.4. The van der Waals surface area contributed by atoms with Gasteiger partial charge in [-0.1, -0.05) is 69.8 Å². The Morgan fingerprint density at radius 1 is 0.792 bits per heavy atom. The summed E-state index contributed by atoms with van der Waals surface area (Å²) in [6.07, 6.45) is 26.1. The topological polar surface area (TPSA) is 20.3 Å². The standard InChI is InChI=1S/C22H39NO/c1-2-3-4-5-6-7-8-9-10-11-12-13-14-15-16-19-22(24)23-20-17-18-21-23/h5-6,8-9H,2-4,7,10-21H2,1H3/b6-5+,9-8+. The van der Waals surface area contributed by atoms with E-state index in [0.29, 0.717) is 5.91 Å². The molecule has 0 aromatic rings. The van der Waals surface area contributed by atoms with E-state index in [2.05, 4.69) is 31.2 Å². The molecule has 0 aromatic carbocycles. The highest BCUT2D eigenvalue weighted by molar-refractivity contribution is 5.76. The third-order valence-corrected chi connectivity index (χ3v) is 4.80. The third kappa shape index (κ3) is 11.5. The molecule has 0 aliphatic carbocycles. The van der Waals surface area contributed by atoms with Crippen LogP contribution in [0.4, 0.5) is 0 Å². The van der Waals surface area contributed by atoms with Crippen molar-refractivity contribution < 1.29 is 4.79 Å². The van der Waals surface area contributed by atoms with Crippen molar-refractivity contribution in [3.63, 3.8) is 0 Å². The summed E-state index contributed by atoms with van der Waals surface area (Å²) >= 11 is 0. The Bertz CT molecular complexity index is 353. The van der Waals surface area contributed by atoms with Gasteiger partial charge in [-0.05, 0) is 44.9 Å². The van der Waals surface area contributed by atoms with Gasteiger partial charge >= 0.3 is 0 Å². The average molecular weight is 334 g/mol. The van der Waals surface area contributed by atoms with Crippen LogP contribution in [0.3, 0.4) is 0 Å². The number of allylic oxidation sites excluding steroid dienone is 4. The van der Waals surface area contributed by atoms with Gasteiger partial charge in [0.1, 0.15) is 0 Å². The van der Waals surface area contributed by atoms with Crippen molar-refractivity contribution in [1.82, 2.24) is 4.90 Å². The van der Waals surface area contributed by atoms with Crippen molar-refractivity contribution in [3.05, 3.63) is 24.3 Å². The lowest BCUT2D eigenvalue weighted by Gasteiger charge is -2.14. The van der Waals surface area contributed by atoms with Gasteiger partial charge in [0.25, 0.3) is 0 Å². The molecule has 0 N–H and O–H groups in total. The van der Waals surface area contributed by atoms with E-state index in [1.54, 1.807) is 0 Å². The summed E-state index contributed by atoms with van der Waals surface area (Å²) in [5.41, 5.74) is 0. The first-order chi connectivity index (χ1) is 11.8. The Hall–Kier alpha value is -1.05. The summed E-state index contributed by atoms with van der Waals surface area (Å²) in [6.45, 7) is 4.24. The van der Waals surface area contributed by atoms with Crippen LogP contribution in [-0.4, -0.2) is 23.9 Å². The first-order valence-electron chi connectivity index (χ1n) is 10.4. The van der Waals surface area contributed by atoms with Crippen molar-refractivity contribution in [2.24, 2.45) is 0 Å². The summed E-state index contributed by atoms with van der Waals surface area (Å²) in [5, 5.41) is 0. The molecule has 1 fully saturated rings. The van der Waals surface area contributed by atoms with Crippen molar-refractivity contribution in [3.8, 4) is 0 Å². The molecule has 24 heavy (non-hydrogen) atoms. The van der Waals surface area contributed by atoms with E-state index in [1.165, 1.54) is 70.6 Å². The zero-order valence-electron chi connectivity index (χ0n) is 16.0. The molecule has 0 bridgehead atoms. The molecule has 0 saturated carbocycles. The van der Waals surface area contributed by atoms with Crippen LogP contribution in [0, 0.1) is 0 Å². The SMILES string of the molecule is CCCC/C=C/C/C=C/CCCCCCCCC(=O)N1CCCC1. The van der Waals surface area contributed by atoms with E-state index in [9.17, 15) is 4.79 Å². The van der Waals surface area contributed by atoms with E-state index >= 15 is 0 Å². The summed E-state index contributed by atoms with van der Waals surface area (Å²) in [6, 6.07) is 0. The molecule has 0 spiro atoms. The van der Waals surface area contributed by atoms with E-state index in [4.69, 9.17) is 0 Å². The lowest BCUT2D eigenvalue weighted by molar-refractivity contribution is -0.130. The monoisotopic (exact) mass is 333 g/mol. The van der Waals surface area contributed by atoms with Gasteiger partial charge in [-0.25, -0.2) is 0 Å². The third-order valence-electron chi connectivity index (χ3n) is 4.80. The van der Waals surface area contributed by atoms with Crippen molar-refractivity contribution >= 4 is 5.91 Å². The van der Waals surface area contributed by atoms with E-state index < -0.39 is 0 Å². The van der Waals surface area contributed by atoms with Gasteiger partial charge in [0.15, 0.2) is 0 Å². The van der Waals surface area contributed by atoms with Gasteiger partial charge in [0, 0.05) is 19.5 Å². The maximum Gasteiger partial charge on any atom is 0.222 e. The fourth-order valence-corrected chi connectivity index (χ4v) is 3.20. The zero-order chi connectivity index (χ0) is 17.3. The minimum Gasteiger partial charge on any atom is -0.343 e. The first kappa shape index (κ1) is 21.0. The molecule has 2 heteroatoms. The fourth-order valence-electron chi connectivity index (χ4n) is 3.20. The number of hydrogen-bond donors (Lipinski definition) is 0. The summed E-state index contributed by atoms with van der Waals surface area (Å²) < 4.78 is 0. The van der Waals surface area contributed by atoms with Crippen LogP contribution >= 0.6 is 0 Å². The van der Waals surface area contributed by atoms with Gasteiger partial charge in [-0.3, -0.25) is 4.79 Å². The summed E-state index contributed by atoms with van der Waals surface area (Å²) in [4.78, 5) is 13.9. The molecule has 138 valence electrons. The second-order valence-electron chi connectivity index (χ2n) is 7.07. The van der Waals surface area contributed by atoms with E-state index in [1.807, 2.05) is 4.90 Å². The lowest BCUT2D eigenvalue weighted by Crippen LogP contribution is -2.27. The van der Waals surface area contributed by atoms with Crippen LogP contribution in [0.5, 0.6) is 0 Å². The quantitative estimate of drug-likeness (QED) is 0.265. The minimum atomic E-state index is 0.390. The van der Waals surface area contributed by atoms with Gasteiger partial charge in [-0.15, -0.1) is 0 Å².